The van der Waals surface area contributed by atoms with Gasteiger partial charge in [-0.05, 0) is 19.3 Å². The highest BCUT2D eigenvalue weighted by Gasteiger charge is 2.07. The molecule has 0 aliphatic heterocycles. The molecule has 0 radical (unpaired) electrons. The SMILES string of the molecule is CC(C)CC(C)OCc1nc(CCl)cs1. The molecule has 1 atom stereocenters. The molecule has 15 heavy (non-hydrogen) atoms. The van der Waals surface area contributed by atoms with Crippen LogP contribution in [-0.2, 0) is 17.2 Å². The minimum atomic E-state index is 0.299. The Kier molecular flexibility index (Phi) is 5.58. The van der Waals surface area contributed by atoms with E-state index in [1.54, 1.807) is 11.3 Å². The van der Waals surface area contributed by atoms with Crippen LogP contribution < -0.4 is 0 Å². The first-order valence-electron chi connectivity index (χ1n) is 5.22. The highest BCUT2D eigenvalue weighted by atomic mass is 35.5. The van der Waals surface area contributed by atoms with Crippen molar-refractivity contribution in [2.45, 2.75) is 45.8 Å². The fraction of sp³-hybridized carbons (Fsp3) is 0.727. The van der Waals surface area contributed by atoms with Gasteiger partial charge in [0.05, 0.1) is 24.3 Å². The van der Waals surface area contributed by atoms with Gasteiger partial charge in [-0.2, -0.15) is 0 Å². The largest absolute Gasteiger partial charge is 0.371 e. The predicted molar refractivity (Wildman–Crippen MR) is 65.4 cm³/mol. The van der Waals surface area contributed by atoms with Crippen LogP contribution in [0, 0.1) is 5.92 Å². The number of ether oxygens (including phenoxy) is 1. The van der Waals surface area contributed by atoms with E-state index in [4.69, 9.17) is 16.3 Å². The number of hydrogen-bond donors (Lipinski definition) is 0. The standard InChI is InChI=1S/C11H18ClNOS/c1-8(2)4-9(3)14-6-11-13-10(5-12)7-15-11/h7-9H,4-6H2,1-3H3. The van der Waals surface area contributed by atoms with Gasteiger partial charge in [-0.1, -0.05) is 13.8 Å². The fourth-order valence-corrected chi connectivity index (χ4v) is 2.36. The van der Waals surface area contributed by atoms with Crippen molar-refractivity contribution < 1.29 is 4.74 Å². The van der Waals surface area contributed by atoms with Crippen molar-refractivity contribution in [3.05, 3.63) is 16.1 Å². The molecule has 1 unspecified atom stereocenters. The summed E-state index contributed by atoms with van der Waals surface area (Å²) < 4.78 is 5.70. The van der Waals surface area contributed by atoms with Gasteiger partial charge in [0, 0.05) is 5.38 Å². The molecule has 0 aromatic carbocycles. The quantitative estimate of drug-likeness (QED) is 0.713. The molecule has 1 heterocycles. The Morgan fingerprint density at radius 3 is 2.73 bits per heavy atom. The van der Waals surface area contributed by atoms with Crippen molar-refractivity contribution in [1.82, 2.24) is 4.98 Å². The monoisotopic (exact) mass is 247 g/mol. The second-order valence-corrected chi connectivity index (χ2v) is 5.33. The van der Waals surface area contributed by atoms with Crippen LogP contribution in [0.1, 0.15) is 37.9 Å². The summed E-state index contributed by atoms with van der Waals surface area (Å²) in [6, 6.07) is 0. The number of thiazole rings is 1. The molecule has 0 aliphatic carbocycles. The maximum absolute atomic E-state index is 5.70. The first-order valence-corrected chi connectivity index (χ1v) is 6.64. The summed E-state index contributed by atoms with van der Waals surface area (Å²) in [5, 5.41) is 3.00. The number of hydrogen-bond acceptors (Lipinski definition) is 3. The van der Waals surface area contributed by atoms with Gasteiger partial charge in [0.15, 0.2) is 0 Å². The summed E-state index contributed by atoms with van der Waals surface area (Å²) in [5.74, 6) is 1.16. The highest BCUT2D eigenvalue weighted by molar-refractivity contribution is 7.09. The van der Waals surface area contributed by atoms with Crippen LogP contribution in [0.15, 0.2) is 5.38 Å². The number of nitrogens with zero attached hydrogens (tertiary/aromatic N) is 1. The Morgan fingerprint density at radius 2 is 2.20 bits per heavy atom. The predicted octanol–water partition coefficient (Wildman–Crippen LogP) is 3.83. The van der Waals surface area contributed by atoms with E-state index >= 15 is 0 Å². The molecule has 0 N–H and O–H groups in total. The van der Waals surface area contributed by atoms with Gasteiger partial charge in [0.25, 0.3) is 0 Å². The number of aromatic nitrogens is 1. The molecule has 1 aromatic heterocycles. The minimum absolute atomic E-state index is 0.299. The third-order valence-electron chi connectivity index (χ3n) is 2.03. The van der Waals surface area contributed by atoms with Gasteiger partial charge in [-0.15, -0.1) is 22.9 Å². The topological polar surface area (TPSA) is 22.1 Å². The Balaban J connectivity index is 2.30. The molecular weight excluding hydrogens is 230 g/mol. The van der Waals surface area contributed by atoms with Crippen LogP contribution in [0.5, 0.6) is 0 Å². The summed E-state index contributed by atoms with van der Waals surface area (Å²) in [6.45, 7) is 7.12. The third kappa shape index (κ3) is 4.96. The molecule has 0 bridgehead atoms. The summed E-state index contributed by atoms with van der Waals surface area (Å²) in [4.78, 5) is 4.34. The Morgan fingerprint density at radius 1 is 1.47 bits per heavy atom. The van der Waals surface area contributed by atoms with Crippen LogP contribution in [0.25, 0.3) is 0 Å². The van der Waals surface area contributed by atoms with E-state index in [0.717, 1.165) is 17.1 Å². The van der Waals surface area contributed by atoms with Gasteiger partial charge in [0.2, 0.25) is 0 Å². The molecule has 0 fully saturated rings. The highest BCUT2D eigenvalue weighted by Crippen LogP contribution is 2.15. The van der Waals surface area contributed by atoms with E-state index in [2.05, 4.69) is 25.8 Å². The number of halogens is 1. The second kappa shape index (κ2) is 6.46. The van der Waals surface area contributed by atoms with Crippen molar-refractivity contribution >= 4 is 22.9 Å². The van der Waals surface area contributed by atoms with Crippen LogP contribution in [-0.4, -0.2) is 11.1 Å². The van der Waals surface area contributed by atoms with E-state index in [0.29, 0.717) is 24.5 Å². The van der Waals surface area contributed by atoms with Crippen molar-refractivity contribution in [1.29, 1.82) is 0 Å². The molecule has 2 nitrogen and oxygen atoms in total. The molecular formula is C11H18ClNOS. The summed E-state index contributed by atoms with van der Waals surface area (Å²) in [5.41, 5.74) is 0.941. The van der Waals surface area contributed by atoms with Gasteiger partial charge in [0.1, 0.15) is 5.01 Å². The third-order valence-corrected chi connectivity index (χ3v) is 3.18. The van der Waals surface area contributed by atoms with Gasteiger partial charge in [-0.25, -0.2) is 4.98 Å². The van der Waals surface area contributed by atoms with Crippen LogP contribution in [0.2, 0.25) is 0 Å². The zero-order valence-electron chi connectivity index (χ0n) is 9.50. The molecule has 0 aliphatic rings. The van der Waals surface area contributed by atoms with E-state index in [-0.39, 0.29) is 0 Å². The van der Waals surface area contributed by atoms with Crippen LogP contribution in [0.3, 0.4) is 0 Å². The zero-order valence-corrected chi connectivity index (χ0v) is 11.1. The van der Waals surface area contributed by atoms with Crippen molar-refractivity contribution in [3.63, 3.8) is 0 Å². The molecule has 0 spiro atoms. The molecule has 1 aromatic rings. The first-order chi connectivity index (χ1) is 7.11. The fourth-order valence-electron chi connectivity index (χ4n) is 1.42. The van der Waals surface area contributed by atoms with Crippen LogP contribution >= 0.6 is 22.9 Å². The van der Waals surface area contributed by atoms with Crippen LogP contribution in [0.4, 0.5) is 0 Å². The maximum atomic E-state index is 5.70. The lowest BCUT2D eigenvalue weighted by molar-refractivity contribution is 0.0395. The second-order valence-electron chi connectivity index (χ2n) is 4.12. The molecule has 86 valence electrons. The smallest absolute Gasteiger partial charge is 0.119 e. The average molecular weight is 248 g/mol. The Bertz CT molecular complexity index is 288. The van der Waals surface area contributed by atoms with Crippen molar-refractivity contribution in [3.8, 4) is 0 Å². The van der Waals surface area contributed by atoms with E-state index in [1.165, 1.54) is 0 Å². The Labute approximate surface area is 101 Å². The molecule has 0 saturated heterocycles. The lowest BCUT2D eigenvalue weighted by Crippen LogP contribution is -2.11. The van der Waals surface area contributed by atoms with Gasteiger partial charge >= 0.3 is 0 Å². The van der Waals surface area contributed by atoms with E-state index in [9.17, 15) is 0 Å². The normalized spacial score (nSPS) is 13.4. The summed E-state index contributed by atoms with van der Waals surface area (Å²) >= 11 is 7.29. The zero-order chi connectivity index (χ0) is 11.3. The first kappa shape index (κ1) is 12.9. The Hall–Kier alpha value is -0.120. The van der Waals surface area contributed by atoms with E-state index < -0.39 is 0 Å². The van der Waals surface area contributed by atoms with Crippen molar-refractivity contribution in [2.75, 3.05) is 0 Å². The van der Waals surface area contributed by atoms with Crippen molar-refractivity contribution in [2.24, 2.45) is 5.92 Å². The number of rotatable bonds is 6. The molecule has 4 heteroatoms. The van der Waals surface area contributed by atoms with Gasteiger partial charge < -0.3 is 4.74 Å². The lowest BCUT2D eigenvalue weighted by Gasteiger charge is -2.13. The van der Waals surface area contributed by atoms with Gasteiger partial charge in [-0.3, -0.25) is 0 Å². The summed E-state index contributed by atoms with van der Waals surface area (Å²) in [7, 11) is 0. The number of alkyl halides is 1. The lowest BCUT2D eigenvalue weighted by atomic mass is 10.1. The molecule has 1 rings (SSSR count). The maximum Gasteiger partial charge on any atom is 0.119 e. The van der Waals surface area contributed by atoms with E-state index in [1.807, 2.05) is 5.38 Å². The molecule has 0 amide bonds. The summed E-state index contributed by atoms with van der Waals surface area (Å²) in [6.07, 6.45) is 1.39. The average Bonchev–Trinajstić information content (AvgIpc) is 2.61. The molecule has 0 saturated carbocycles. The minimum Gasteiger partial charge on any atom is -0.371 e.